The van der Waals surface area contributed by atoms with E-state index in [9.17, 15) is 0 Å². The molecule has 0 aliphatic rings. The minimum Gasteiger partial charge on any atom is -0.497 e. The van der Waals surface area contributed by atoms with E-state index in [-0.39, 0.29) is 0 Å². The molecule has 0 spiro atoms. The molecule has 2 nitrogen and oxygen atoms in total. The lowest BCUT2D eigenvalue weighted by Gasteiger charge is -2.19. The number of aryl methyl sites for hydroxylation is 2. The number of rotatable bonds is 3. The summed E-state index contributed by atoms with van der Waals surface area (Å²) < 4.78 is 13.6. The van der Waals surface area contributed by atoms with Crippen molar-refractivity contribution >= 4 is 66.7 Å². The molecule has 4 aromatic rings. The van der Waals surface area contributed by atoms with E-state index in [1.807, 2.05) is 12.1 Å². The molecule has 28 heavy (non-hydrogen) atoms. The fourth-order valence-electron chi connectivity index (χ4n) is 3.72. The molecule has 0 saturated heterocycles. The van der Waals surface area contributed by atoms with Gasteiger partial charge in [-0.2, -0.15) is 0 Å². The fraction of sp³-hybridized carbons (Fsp3) is 0.167. The zero-order chi connectivity index (χ0) is 20.0. The number of fused-ring (bicyclic) bond motifs is 2. The van der Waals surface area contributed by atoms with Crippen LogP contribution in [0.2, 0.25) is 0 Å². The van der Waals surface area contributed by atoms with Crippen LogP contribution in [-0.4, -0.2) is 14.2 Å². The maximum absolute atomic E-state index is 5.54. The zero-order valence-corrected chi connectivity index (χ0v) is 20.5. The fourth-order valence-corrected chi connectivity index (χ4v) is 5.15. The van der Waals surface area contributed by atoms with Gasteiger partial charge in [-0.1, -0.05) is 24.3 Å². The third kappa shape index (κ3) is 3.24. The molecule has 0 aromatic heterocycles. The summed E-state index contributed by atoms with van der Waals surface area (Å²) in [5, 5.41) is 4.87. The topological polar surface area (TPSA) is 18.5 Å². The molecule has 0 heterocycles. The molecule has 4 aromatic carbocycles. The highest BCUT2D eigenvalue weighted by atomic mass is 127. The second kappa shape index (κ2) is 7.71. The Morgan fingerprint density at radius 1 is 0.607 bits per heavy atom. The van der Waals surface area contributed by atoms with Gasteiger partial charge in [0.25, 0.3) is 0 Å². The van der Waals surface area contributed by atoms with E-state index in [2.05, 4.69) is 95.4 Å². The first-order chi connectivity index (χ1) is 13.4. The number of hydrogen-bond donors (Lipinski definition) is 0. The Morgan fingerprint density at radius 2 is 1.00 bits per heavy atom. The molecule has 0 aliphatic carbocycles. The molecule has 0 unspecified atom stereocenters. The van der Waals surface area contributed by atoms with Gasteiger partial charge in [0.15, 0.2) is 0 Å². The van der Waals surface area contributed by atoms with E-state index in [1.165, 1.54) is 50.9 Å². The summed E-state index contributed by atoms with van der Waals surface area (Å²) >= 11 is 4.97. The average Bonchev–Trinajstić information content (AvgIpc) is 2.70. The van der Waals surface area contributed by atoms with Crippen LogP contribution in [0.15, 0.2) is 48.5 Å². The highest BCUT2D eigenvalue weighted by molar-refractivity contribution is 14.1. The summed E-state index contributed by atoms with van der Waals surface area (Å²) in [6.07, 6.45) is 0. The summed E-state index contributed by atoms with van der Waals surface area (Å²) in [6.45, 7) is 4.36. The van der Waals surface area contributed by atoms with Gasteiger partial charge in [0, 0.05) is 18.3 Å². The lowest BCUT2D eigenvalue weighted by molar-refractivity contribution is 0.415. The molecule has 0 amide bonds. The van der Waals surface area contributed by atoms with Crippen molar-refractivity contribution in [2.24, 2.45) is 0 Å². The maximum Gasteiger partial charge on any atom is 0.119 e. The molecule has 0 saturated carbocycles. The van der Waals surface area contributed by atoms with Crippen molar-refractivity contribution in [3.05, 3.63) is 66.8 Å². The second-order valence-corrected chi connectivity index (χ2v) is 9.10. The van der Waals surface area contributed by atoms with Crippen molar-refractivity contribution in [2.75, 3.05) is 14.2 Å². The van der Waals surface area contributed by atoms with Gasteiger partial charge in [-0.25, -0.2) is 0 Å². The Morgan fingerprint density at radius 3 is 1.36 bits per heavy atom. The first-order valence-electron chi connectivity index (χ1n) is 8.98. The van der Waals surface area contributed by atoms with Crippen molar-refractivity contribution in [1.82, 2.24) is 0 Å². The predicted octanol–water partition coefficient (Wildman–Crippen LogP) is 7.50. The van der Waals surface area contributed by atoms with Gasteiger partial charge in [0.1, 0.15) is 11.5 Å². The monoisotopic (exact) mass is 594 g/mol. The largest absolute Gasteiger partial charge is 0.497 e. The first kappa shape index (κ1) is 19.8. The Bertz CT molecular complexity index is 1130. The van der Waals surface area contributed by atoms with Gasteiger partial charge in [-0.05, 0) is 116 Å². The van der Waals surface area contributed by atoms with Crippen LogP contribution >= 0.6 is 45.2 Å². The molecule has 4 rings (SSSR count). The minimum absolute atomic E-state index is 0.873. The molecular weight excluding hydrogens is 574 g/mol. The van der Waals surface area contributed by atoms with Gasteiger partial charge in [0.2, 0.25) is 0 Å². The number of halogens is 2. The van der Waals surface area contributed by atoms with Crippen LogP contribution in [0.5, 0.6) is 11.5 Å². The minimum atomic E-state index is 0.873. The van der Waals surface area contributed by atoms with E-state index >= 15 is 0 Å². The Labute approximate surface area is 192 Å². The Kier molecular flexibility index (Phi) is 5.44. The van der Waals surface area contributed by atoms with Crippen LogP contribution in [0.25, 0.3) is 32.7 Å². The van der Waals surface area contributed by atoms with E-state index in [1.54, 1.807) is 14.2 Å². The molecule has 0 aliphatic heterocycles. The van der Waals surface area contributed by atoms with Crippen molar-refractivity contribution < 1.29 is 9.47 Å². The highest BCUT2D eigenvalue weighted by Crippen LogP contribution is 2.43. The molecule has 0 N–H and O–H groups in total. The van der Waals surface area contributed by atoms with E-state index in [0.717, 1.165) is 11.5 Å². The summed E-state index contributed by atoms with van der Waals surface area (Å²) in [4.78, 5) is 0. The number of benzene rings is 4. The van der Waals surface area contributed by atoms with E-state index in [0.29, 0.717) is 0 Å². The highest BCUT2D eigenvalue weighted by Gasteiger charge is 2.19. The lowest BCUT2D eigenvalue weighted by Crippen LogP contribution is -1.97. The first-order valence-corrected chi connectivity index (χ1v) is 11.1. The van der Waals surface area contributed by atoms with Crippen LogP contribution in [-0.2, 0) is 0 Å². The van der Waals surface area contributed by atoms with Crippen LogP contribution in [0.3, 0.4) is 0 Å². The molecule has 0 radical (unpaired) electrons. The maximum atomic E-state index is 5.54. The number of hydrogen-bond acceptors (Lipinski definition) is 2. The van der Waals surface area contributed by atoms with Crippen LogP contribution < -0.4 is 9.47 Å². The standard InChI is InChI=1S/C24H20I2O2/c1-13-9-15-5-7-17(27-3)11-19(15)21(23(13)25)22-20-12-18(28-4)8-6-16(20)10-14(2)24(22)26/h5-12H,1-4H3. The second-order valence-electron chi connectivity index (χ2n) is 6.94. The van der Waals surface area contributed by atoms with Gasteiger partial charge in [-0.3, -0.25) is 0 Å². The van der Waals surface area contributed by atoms with Crippen molar-refractivity contribution in [3.8, 4) is 22.6 Å². The van der Waals surface area contributed by atoms with Gasteiger partial charge in [0.05, 0.1) is 14.2 Å². The normalized spacial score (nSPS) is 11.2. The smallest absolute Gasteiger partial charge is 0.119 e. The van der Waals surface area contributed by atoms with Crippen molar-refractivity contribution in [3.63, 3.8) is 0 Å². The predicted molar refractivity (Wildman–Crippen MR) is 135 cm³/mol. The molecule has 0 fully saturated rings. The molecular formula is C24H20I2O2. The third-order valence-corrected chi connectivity index (χ3v) is 7.97. The van der Waals surface area contributed by atoms with Crippen LogP contribution in [0, 0.1) is 21.0 Å². The summed E-state index contributed by atoms with van der Waals surface area (Å²) in [6, 6.07) is 17.2. The molecule has 0 bridgehead atoms. The van der Waals surface area contributed by atoms with Gasteiger partial charge in [-0.15, -0.1) is 0 Å². The number of methoxy groups -OCH3 is 2. The molecule has 4 heteroatoms. The molecule has 142 valence electrons. The van der Waals surface area contributed by atoms with Gasteiger partial charge >= 0.3 is 0 Å². The summed E-state index contributed by atoms with van der Waals surface area (Å²) in [5.41, 5.74) is 5.09. The zero-order valence-electron chi connectivity index (χ0n) is 16.2. The Balaban J connectivity index is 2.23. The SMILES string of the molecule is COc1ccc2cc(C)c(I)c(-c3c(I)c(C)cc4ccc(OC)cc34)c2c1. The van der Waals surface area contributed by atoms with Gasteiger partial charge < -0.3 is 9.47 Å². The van der Waals surface area contributed by atoms with Crippen molar-refractivity contribution in [2.45, 2.75) is 13.8 Å². The van der Waals surface area contributed by atoms with E-state index in [4.69, 9.17) is 9.47 Å². The third-order valence-electron chi connectivity index (χ3n) is 5.19. The van der Waals surface area contributed by atoms with Crippen LogP contribution in [0.1, 0.15) is 11.1 Å². The van der Waals surface area contributed by atoms with Crippen LogP contribution in [0.4, 0.5) is 0 Å². The lowest BCUT2D eigenvalue weighted by atomic mass is 9.91. The molecule has 0 atom stereocenters. The Hall–Kier alpha value is -1.54. The van der Waals surface area contributed by atoms with E-state index < -0.39 is 0 Å². The summed E-state index contributed by atoms with van der Waals surface area (Å²) in [5.74, 6) is 1.75. The van der Waals surface area contributed by atoms with Crippen molar-refractivity contribution in [1.29, 1.82) is 0 Å². The number of ether oxygens (including phenoxy) is 2. The average molecular weight is 594 g/mol. The quantitative estimate of drug-likeness (QED) is 0.229. The summed E-state index contributed by atoms with van der Waals surface area (Å²) in [7, 11) is 3.44.